The second-order valence-electron chi connectivity index (χ2n) is 3.23. The molecule has 1 atom stereocenters. The van der Waals surface area contributed by atoms with E-state index in [1.807, 2.05) is 20.9 Å². The molecule has 0 amide bonds. The Morgan fingerprint density at radius 1 is 1.46 bits per heavy atom. The SMILES string of the molecule is CCC(C)N(CCNC)S(C)(=O)=O. The highest BCUT2D eigenvalue weighted by Gasteiger charge is 2.20. The number of nitrogens with zero attached hydrogens (tertiary/aromatic N) is 1. The predicted octanol–water partition coefficient (Wildman–Crippen LogP) is 0.266. The fourth-order valence-electron chi connectivity index (χ4n) is 1.14. The third kappa shape index (κ3) is 4.59. The Balaban J connectivity index is 4.38. The largest absolute Gasteiger partial charge is 0.318 e. The minimum atomic E-state index is -3.06. The maximum Gasteiger partial charge on any atom is 0.211 e. The first-order valence-corrected chi connectivity index (χ1v) is 6.39. The van der Waals surface area contributed by atoms with Gasteiger partial charge in [-0.3, -0.25) is 0 Å². The van der Waals surface area contributed by atoms with Gasteiger partial charge in [-0.15, -0.1) is 0 Å². The predicted molar refractivity (Wildman–Crippen MR) is 55.2 cm³/mol. The van der Waals surface area contributed by atoms with Gasteiger partial charge in [0.05, 0.1) is 6.26 Å². The Labute approximate surface area is 81.4 Å². The normalized spacial score (nSPS) is 14.8. The van der Waals surface area contributed by atoms with Crippen LogP contribution in [-0.2, 0) is 10.0 Å². The van der Waals surface area contributed by atoms with Crippen molar-refractivity contribution in [1.82, 2.24) is 9.62 Å². The topological polar surface area (TPSA) is 49.4 Å². The fourth-order valence-corrected chi connectivity index (χ4v) is 2.36. The first kappa shape index (κ1) is 12.9. The molecule has 0 spiro atoms. The van der Waals surface area contributed by atoms with Crippen molar-refractivity contribution < 1.29 is 8.42 Å². The highest BCUT2D eigenvalue weighted by molar-refractivity contribution is 7.88. The third-order valence-corrected chi connectivity index (χ3v) is 3.49. The summed E-state index contributed by atoms with van der Waals surface area (Å²) in [6.07, 6.45) is 2.10. The molecule has 0 fully saturated rings. The van der Waals surface area contributed by atoms with E-state index in [-0.39, 0.29) is 6.04 Å². The number of hydrogen-bond donors (Lipinski definition) is 1. The van der Waals surface area contributed by atoms with Gasteiger partial charge in [0, 0.05) is 19.1 Å². The first-order valence-electron chi connectivity index (χ1n) is 4.54. The van der Waals surface area contributed by atoms with Crippen molar-refractivity contribution in [2.24, 2.45) is 0 Å². The van der Waals surface area contributed by atoms with Crippen LogP contribution in [0.25, 0.3) is 0 Å². The Morgan fingerprint density at radius 2 is 2.00 bits per heavy atom. The Kier molecular flexibility index (Phi) is 5.51. The molecule has 0 saturated carbocycles. The van der Waals surface area contributed by atoms with Crippen LogP contribution in [0.4, 0.5) is 0 Å². The molecule has 0 heterocycles. The van der Waals surface area contributed by atoms with Gasteiger partial charge in [-0.2, -0.15) is 4.31 Å². The van der Waals surface area contributed by atoms with E-state index in [2.05, 4.69) is 5.32 Å². The lowest BCUT2D eigenvalue weighted by molar-refractivity contribution is 0.332. The molecule has 80 valence electrons. The van der Waals surface area contributed by atoms with Gasteiger partial charge in [-0.25, -0.2) is 8.42 Å². The molecule has 0 aliphatic carbocycles. The average molecular weight is 208 g/mol. The molecular weight excluding hydrogens is 188 g/mol. The Morgan fingerprint density at radius 3 is 2.31 bits per heavy atom. The van der Waals surface area contributed by atoms with Crippen molar-refractivity contribution in [2.45, 2.75) is 26.3 Å². The molecule has 0 bridgehead atoms. The van der Waals surface area contributed by atoms with Crippen LogP contribution in [0.15, 0.2) is 0 Å². The molecular formula is C8H20N2O2S. The summed E-state index contributed by atoms with van der Waals surface area (Å²) >= 11 is 0. The molecule has 0 aliphatic heterocycles. The molecule has 4 nitrogen and oxygen atoms in total. The van der Waals surface area contributed by atoms with Crippen LogP contribution in [0.1, 0.15) is 20.3 Å². The van der Waals surface area contributed by atoms with Gasteiger partial charge < -0.3 is 5.32 Å². The van der Waals surface area contributed by atoms with Crippen molar-refractivity contribution >= 4 is 10.0 Å². The van der Waals surface area contributed by atoms with Crippen molar-refractivity contribution in [3.63, 3.8) is 0 Å². The summed E-state index contributed by atoms with van der Waals surface area (Å²) in [6, 6.07) is 0.0864. The second-order valence-corrected chi connectivity index (χ2v) is 5.17. The van der Waals surface area contributed by atoms with E-state index in [9.17, 15) is 8.42 Å². The third-order valence-electron chi connectivity index (χ3n) is 2.09. The molecule has 0 aromatic rings. The zero-order chi connectivity index (χ0) is 10.5. The number of rotatable bonds is 6. The zero-order valence-corrected chi connectivity index (χ0v) is 9.69. The van der Waals surface area contributed by atoms with Crippen molar-refractivity contribution in [3.05, 3.63) is 0 Å². The van der Waals surface area contributed by atoms with Crippen molar-refractivity contribution in [1.29, 1.82) is 0 Å². The van der Waals surface area contributed by atoms with E-state index in [4.69, 9.17) is 0 Å². The molecule has 1 unspecified atom stereocenters. The highest BCUT2D eigenvalue weighted by atomic mass is 32.2. The van der Waals surface area contributed by atoms with Gasteiger partial charge in [0.15, 0.2) is 0 Å². The summed E-state index contributed by atoms with van der Waals surface area (Å²) in [4.78, 5) is 0. The number of sulfonamides is 1. The van der Waals surface area contributed by atoms with Crippen LogP contribution < -0.4 is 5.32 Å². The van der Waals surface area contributed by atoms with Gasteiger partial charge in [0.2, 0.25) is 10.0 Å². The van der Waals surface area contributed by atoms with Crippen LogP contribution >= 0.6 is 0 Å². The first-order chi connectivity index (χ1) is 5.93. The Bertz CT molecular complexity index is 226. The lowest BCUT2D eigenvalue weighted by atomic mass is 10.2. The quantitative estimate of drug-likeness (QED) is 0.681. The lowest BCUT2D eigenvalue weighted by Crippen LogP contribution is -2.41. The highest BCUT2D eigenvalue weighted by Crippen LogP contribution is 2.07. The molecule has 5 heteroatoms. The van der Waals surface area contributed by atoms with Crippen molar-refractivity contribution in [3.8, 4) is 0 Å². The smallest absolute Gasteiger partial charge is 0.211 e. The Hall–Kier alpha value is -0.130. The molecule has 0 saturated heterocycles. The van der Waals surface area contributed by atoms with Crippen LogP contribution in [0.3, 0.4) is 0 Å². The van der Waals surface area contributed by atoms with Gasteiger partial charge in [-0.05, 0) is 20.4 Å². The van der Waals surface area contributed by atoms with E-state index >= 15 is 0 Å². The summed E-state index contributed by atoms with van der Waals surface area (Å²) in [6.45, 7) is 5.15. The number of nitrogens with one attached hydrogen (secondary N) is 1. The molecule has 0 rings (SSSR count). The number of hydrogen-bond acceptors (Lipinski definition) is 3. The second kappa shape index (κ2) is 5.57. The standard InChI is InChI=1S/C8H20N2O2S/c1-5-8(2)10(7-6-9-3)13(4,11)12/h8-9H,5-7H2,1-4H3. The summed E-state index contributed by atoms with van der Waals surface area (Å²) in [5.74, 6) is 0. The lowest BCUT2D eigenvalue weighted by Gasteiger charge is -2.25. The maximum absolute atomic E-state index is 11.3. The van der Waals surface area contributed by atoms with E-state index < -0.39 is 10.0 Å². The maximum atomic E-state index is 11.3. The van der Waals surface area contributed by atoms with Crippen molar-refractivity contribution in [2.75, 3.05) is 26.4 Å². The average Bonchev–Trinajstić information content (AvgIpc) is 2.02. The minimum Gasteiger partial charge on any atom is -0.318 e. The van der Waals surface area contributed by atoms with E-state index in [0.717, 1.165) is 6.42 Å². The van der Waals surface area contributed by atoms with Gasteiger partial charge in [0.1, 0.15) is 0 Å². The molecule has 0 radical (unpaired) electrons. The fraction of sp³-hybridized carbons (Fsp3) is 1.00. The molecule has 1 N–H and O–H groups in total. The monoisotopic (exact) mass is 208 g/mol. The summed E-state index contributed by atoms with van der Waals surface area (Å²) in [5, 5.41) is 2.94. The van der Waals surface area contributed by atoms with Gasteiger partial charge in [-0.1, -0.05) is 6.92 Å². The van der Waals surface area contributed by atoms with Crippen LogP contribution in [-0.4, -0.2) is 45.2 Å². The van der Waals surface area contributed by atoms with E-state index in [1.54, 1.807) is 0 Å². The summed E-state index contributed by atoms with van der Waals surface area (Å²) in [7, 11) is -1.24. The molecule has 0 aliphatic rings. The number of likely N-dealkylation sites (N-methyl/N-ethyl adjacent to an activating group) is 1. The van der Waals surface area contributed by atoms with E-state index in [0.29, 0.717) is 13.1 Å². The molecule has 0 aromatic heterocycles. The molecule has 13 heavy (non-hydrogen) atoms. The minimum absolute atomic E-state index is 0.0864. The van der Waals surface area contributed by atoms with Crippen LogP contribution in [0.2, 0.25) is 0 Å². The summed E-state index contributed by atoms with van der Waals surface area (Å²) in [5.41, 5.74) is 0. The van der Waals surface area contributed by atoms with Gasteiger partial charge in [0.25, 0.3) is 0 Å². The van der Waals surface area contributed by atoms with Gasteiger partial charge >= 0.3 is 0 Å². The van der Waals surface area contributed by atoms with E-state index in [1.165, 1.54) is 10.6 Å². The van der Waals surface area contributed by atoms with Crippen LogP contribution in [0.5, 0.6) is 0 Å². The zero-order valence-electron chi connectivity index (χ0n) is 8.87. The van der Waals surface area contributed by atoms with Crippen LogP contribution in [0, 0.1) is 0 Å². The summed E-state index contributed by atoms with van der Waals surface area (Å²) < 4.78 is 24.2. The molecule has 0 aromatic carbocycles.